The van der Waals surface area contributed by atoms with Crippen LogP contribution < -0.4 is 10.6 Å². The maximum Gasteiger partial charge on any atom is 0.315 e. The van der Waals surface area contributed by atoms with Crippen molar-refractivity contribution in [2.24, 2.45) is 0 Å². The fraction of sp³-hybridized carbons (Fsp3) is 0.533. The van der Waals surface area contributed by atoms with Gasteiger partial charge >= 0.3 is 6.03 Å². The second kappa shape index (κ2) is 6.40. The Morgan fingerprint density at radius 1 is 1.50 bits per heavy atom. The average molecular weight is 329 g/mol. The van der Waals surface area contributed by atoms with Gasteiger partial charge in [-0.25, -0.2) is 9.18 Å². The number of ether oxygens (including phenoxy) is 1. The molecule has 5 nitrogen and oxygen atoms in total. The van der Waals surface area contributed by atoms with E-state index in [-0.39, 0.29) is 35.8 Å². The summed E-state index contributed by atoms with van der Waals surface area (Å²) in [6, 6.07) is 3.75. The van der Waals surface area contributed by atoms with Crippen molar-refractivity contribution in [1.82, 2.24) is 10.6 Å². The summed E-state index contributed by atoms with van der Waals surface area (Å²) in [5.41, 5.74) is 0.366. The van der Waals surface area contributed by atoms with Gasteiger partial charge in [-0.2, -0.15) is 0 Å². The van der Waals surface area contributed by atoms with Crippen molar-refractivity contribution in [1.29, 1.82) is 0 Å². The Balaban J connectivity index is 1.47. The first kappa shape index (κ1) is 15.5. The van der Waals surface area contributed by atoms with E-state index in [9.17, 15) is 14.3 Å². The Bertz CT molecular complexity index is 572. The third kappa shape index (κ3) is 3.34. The molecule has 7 heteroatoms. The number of amides is 2. The van der Waals surface area contributed by atoms with Crippen LogP contribution >= 0.6 is 11.6 Å². The van der Waals surface area contributed by atoms with Crippen LogP contribution in [0.25, 0.3) is 0 Å². The van der Waals surface area contributed by atoms with E-state index < -0.39 is 11.9 Å². The van der Waals surface area contributed by atoms with Gasteiger partial charge in [-0.15, -0.1) is 0 Å². The SMILES string of the molecule is O=C(NC[C@H](O)c1ccc(Cl)c(F)c1)N[C@@H]1C[C@H]2CC[C@H]1O2. The Morgan fingerprint density at radius 2 is 2.32 bits per heavy atom. The predicted octanol–water partition coefficient (Wildman–Crippen LogP) is 2.13. The van der Waals surface area contributed by atoms with E-state index in [1.54, 1.807) is 0 Å². The summed E-state index contributed by atoms with van der Waals surface area (Å²) in [6.07, 6.45) is 2.24. The number of halogens is 2. The molecule has 2 bridgehead atoms. The molecule has 0 radical (unpaired) electrons. The molecule has 0 spiro atoms. The van der Waals surface area contributed by atoms with Gasteiger partial charge in [0.2, 0.25) is 0 Å². The maximum absolute atomic E-state index is 13.3. The number of hydrogen-bond donors (Lipinski definition) is 3. The van der Waals surface area contributed by atoms with Gasteiger partial charge in [0.15, 0.2) is 0 Å². The number of carbonyl (C=O) groups excluding carboxylic acids is 1. The highest BCUT2D eigenvalue weighted by Gasteiger charge is 2.41. The van der Waals surface area contributed by atoms with Crippen LogP contribution in [0.3, 0.4) is 0 Å². The van der Waals surface area contributed by atoms with Crippen LogP contribution in [0, 0.1) is 5.82 Å². The number of nitrogens with one attached hydrogen (secondary N) is 2. The summed E-state index contributed by atoms with van der Waals surface area (Å²) >= 11 is 5.59. The topological polar surface area (TPSA) is 70.6 Å². The Kier molecular flexibility index (Phi) is 4.52. The quantitative estimate of drug-likeness (QED) is 0.793. The number of aliphatic hydroxyl groups is 1. The Labute approximate surface area is 132 Å². The van der Waals surface area contributed by atoms with Crippen molar-refractivity contribution in [3.63, 3.8) is 0 Å². The molecular formula is C15H18ClFN2O3. The molecule has 2 saturated heterocycles. The van der Waals surface area contributed by atoms with E-state index in [0.29, 0.717) is 5.56 Å². The van der Waals surface area contributed by atoms with Gasteiger partial charge in [-0.05, 0) is 37.0 Å². The highest BCUT2D eigenvalue weighted by molar-refractivity contribution is 6.30. The number of rotatable bonds is 4. The van der Waals surface area contributed by atoms with Crippen LogP contribution in [0.2, 0.25) is 5.02 Å². The first-order valence-corrected chi connectivity index (χ1v) is 7.73. The minimum Gasteiger partial charge on any atom is -0.387 e. The summed E-state index contributed by atoms with van der Waals surface area (Å²) in [5, 5.41) is 15.4. The number of carbonyl (C=O) groups is 1. The molecule has 2 aliphatic heterocycles. The predicted molar refractivity (Wildman–Crippen MR) is 79.2 cm³/mol. The lowest BCUT2D eigenvalue weighted by atomic mass is 9.96. The lowest BCUT2D eigenvalue weighted by Crippen LogP contribution is -2.47. The molecular weight excluding hydrogens is 311 g/mol. The molecule has 22 heavy (non-hydrogen) atoms. The summed E-state index contributed by atoms with van der Waals surface area (Å²) < 4.78 is 19.0. The first-order chi connectivity index (χ1) is 10.5. The molecule has 0 unspecified atom stereocenters. The zero-order valence-electron chi connectivity index (χ0n) is 11.9. The molecule has 120 valence electrons. The highest BCUT2D eigenvalue weighted by Crippen LogP contribution is 2.34. The van der Waals surface area contributed by atoms with Crippen molar-refractivity contribution in [2.45, 2.75) is 43.6 Å². The van der Waals surface area contributed by atoms with Gasteiger partial charge in [0, 0.05) is 6.54 Å². The average Bonchev–Trinajstić information content (AvgIpc) is 3.10. The second-order valence-electron chi connectivity index (χ2n) is 5.76. The third-order valence-corrected chi connectivity index (χ3v) is 4.51. The Hall–Kier alpha value is -1.37. The van der Waals surface area contributed by atoms with Crippen LogP contribution in [0.15, 0.2) is 18.2 Å². The van der Waals surface area contributed by atoms with Gasteiger partial charge in [-0.3, -0.25) is 0 Å². The van der Waals surface area contributed by atoms with Crippen LogP contribution in [-0.2, 0) is 4.74 Å². The molecule has 3 rings (SSSR count). The van der Waals surface area contributed by atoms with Crippen LogP contribution in [0.4, 0.5) is 9.18 Å². The zero-order valence-corrected chi connectivity index (χ0v) is 12.6. The standard InChI is InChI=1S/C15H18ClFN2O3/c16-10-3-1-8(5-11(10)17)13(20)7-18-15(21)19-12-6-9-2-4-14(12)22-9/h1,3,5,9,12-14,20H,2,4,6-7H2,(H2,18,19,21)/t9-,12-,13+,14-/m1/s1. The minimum absolute atomic E-state index is 0.00191. The molecule has 1 aromatic rings. The van der Waals surface area contributed by atoms with Gasteiger partial charge in [-0.1, -0.05) is 17.7 Å². The minimum atomic E-state index is -0.992. The van der Waals surface area contributed by atoms with E-state index in [0.717, 1.165) is 25.3 Å². The van der Waals surface area contributed by atoms with Gasteiger partial charge < -0.3 is 20.5 Å². The number of urea groups is 1. The normalized spacial score (nSPS) is 27.7. The summed E-state index contributed by atoms with van der Waals surface area (Å²) in [5.74, 6) is -0.596. The van der Waals surface area contributed by atoms with Crippen molar-refractivity contribution in [3.05, 3.63) is 34.6 Å². The number of benzene rings is 1. The smallest absolute Gasteiger partial charge is 0.315 e. The van der Waals surface area contributed by atoms with E-state index in [1.807, 2.05) is 0 Å². The van der Waals surface area contributed by atoms with E-state index in [4.69, 9.17) is 16.3 Å². The van der Waals surface area contributed by atoms with Crippen molar-refractivity contribution in [3.8, 4) is 0 Å². The van der Waals surface area contributed by atoms with Crippen molar-refractivity contribution < 1.29 is 19.0 Å². The van der Waals surface area contributed by atoms with Crippen molar-refractivity contribution >= 4 is 17.6 Å². The van der Waals surface area contributed by atoms with Gasteiger partial charge in [0.05, 0.1) is 29.4 Å². The van der Waals surface area contributed by atoms with Gasteiger partial charge in [0.1, 0.15) is 5.82 Å². The van der Waals surface area contributed by atoms with E-state index >= 15 is 0 Å². The molecule has 2 heterocycles. The Morgan fingerprint density at radius 3 is 2.95 bits per heavy atom. The zero-order chi connectivity index (χ0) is 15.7. The van der Waals surface area contributed by atoms with Crippen molar-refractivity contribution in [2.75, 3.05) is 6.54 Å². The fourth-order valence-electron chi connectivity index (χ4n) is 3.04. The number of fused-ring (bicyclic) bond motifs is 2. The summed E-state index contributed by atoms with van der Waals surface area (Å²) in [7, 11) is 0. The first-order valence-electron chi connectivity index (χ1n) is 7.36. The van der Waals surface area contributed by atoms with Crippen LogP contribution in [-0.4, -0.2) is 35.9 Å². The molecule has 2 fully saturated rings. The van der Waals surface area contributed by atoms with E-state index in [1.165, 1.54) is 12.1 Å². The second-order valence-corrected chi connectivity index (χ2v) is 6.17. The highest BCUT2D eigenvalue weighted by atomic mass is 35.5. The molecule has 4 atom stereocenters. The van der Waals surface area contributed by atoms with E-state index in [2.05, 4.69) is 10.6 Å². The molecule has 0 saturated carbocycles. The lowest BCUT2D eigenvalue weighted by molar-refractivity contribution is 0.0979. The molecule has 1 aromatic carbocycles. The van der Waals surface area contributed by atoms with Crippen LogP contribution in [0.1, 0.15) is 30.9 Å². The maximum atomic E-state index is 13.3. The molecule has 0 aliphatic carbocycles. The number of aliphatic hydroxyl groups excluding tert-OH is 1. The molecule has 3 N–H and O–H groups in total. The molecule has 2 amide bonds. The largest absolute Gasteiger partial charge is 0.387 e. The summed E-state index contributed by atoms with van der Waals surface area (Å²) in [6.45, 7) is -0.00538. The monoisotopic (exact) mass is 328 g/mol. The van der Waals surface area contributed by atoms with Gasteiger partial charge in [0.25, 0.3) is 0 Å². The molecule has 0 aromatic heterocycles. The fourth-order valence-corrected chi connectivity index (χ4v) is 3.15. The summed E-state index contributed by atoms with van der Waals surface area (Å²) in [4.78, 5) is 11.8. The molecule has 2 aliphatic rings. The number of hydrogen-bond acceptors (Lipinski definition) is 3. The van der Waals surface area contributed by atoms with Crippen LogP contribution in [0.5, 0.6) is 0 Å². The lowest BCUT2D eigenvalue weighted by Gasteiger charge is -2.21. The third-order valence-electron chi connectivity index (χ3n) is 4.21.